The highest BCUT2D eigenvalue weighted by Gasteiger charge is 2.13. The molecule has 66 valence electrons. The Kier molecular flexibility index (Phi) is 3.99. The lowest BCUT2D eigenvalue weighted by Gasteiger charge is -2.02. The van der Waals surface area contributed by atoms with Crippen molar-refractivity contribution >= 4 is 27.4 Å². The predicted octanol–water partition coefficient (Wildman–Crippen LogP) is -0.139. The maximum atomic E-state index is 10.5. The van der Waals surface area contributed by atoms with Gasteiger partial charge in [-0.1, -0.05) is 0 Å². The van der Waals surface area contributed by atoms with Crippen molar-refractivity contribution in [2.24, 2.45) is 5.14 Å². The Morgan fingerprint density at radius 3 is 2.36 bits per heavy atom. The van der Waals surface area contributed by atoms with Gasteiger partial charge < -0.3 is 0 Å². The average Bonchev–Trinajstić information content (AvgIpc) is 1.80. The molecule has 0 amide bonds. The summed E-state index contributed by atoms with van der Waals surface area (Å²) < 4.78 is 20.7. The van der Waals surface area contributed by atoms with Gasteiger partial charge in [0.2, 0.25) is 10.0 Å². The molecular formula is C5H10ClNO3S. The van der Waals surface area contributed by atoms with Crippen molar-refractivity contribution in [3.05, 3.63) is 0 Å². The SMILES string of the molecule is CC(=O)C(Cl)CCS(N)(=O)=O. The van der Waals surface area contributed by atoms with Crippen LogP contribution >= 0.6 is 11.6 Å². The largest absolute Gasteiger partial charge is 0.298 e. The minimum atomic E-state index is -3.49. The molecule has 0 saturated heterocycles. The van der Waals surface area contributed by atoms with Crippen LogP contribution in [0.3, 0.4) is 0 Å². The van der Waals surface area contributed by atoms with Crippen LogP contribution in [0.1, 0.15) is 13.3 Å². The van der Waals surface area contributed by atoms with Crippen LogP contribution in [0.2, 0.25) is 0 Å². The Balaban J connectivity index is 3.82. The normalized spacial score (nSPS) is 14.5. The number of hydrogen-bond acceptors (Lipinski definition) is 3. The third kappa shape index (κ3) is 6.28. The number of hydrogen-bond donors (Lipinski definition) is 1. The zero-order valence-electron chi connectivity index (χ0n) is 6.08. The van der Waals surface area contributed by atoms with Crippen LogP contribution in [0, 0.1) is 0 Å². The van der Waals surface area contributed by atoms with Gasteiger partial charge in [-0.15, -0.1) is 11.6 Å². The molecule has 0 spiro atoms. The van der Waals surface area contributed by atoms with Gasteiger partial charge in [0.25, 0.3) is 0 Å². The molecule has 0 saturated carbocycles. The van der Waals surface area contributed by atoms with Crippen molar-refractivity contribution in [1.29, 1.82) is 0 Å². The van der Waals surface area contributed by atoms with E-state index in [9.17, 15) is 13.2 Å². The standard InChI is InChI=1S/C5H10ClNO3S/c1-4(8)5(6)2-3-11(7,9)10/h5H,2-3H2,1H3,(H2,7,9,10). The van der Waals surface area contributed by atoms with Gasteiger partial charge in [-0.25, -0.2) is 13.6 Å². The highest BCUT2D eigenvalue weighted by molar-refractivity contribution is 7.89. The number of ketones is 1. The van der Waals surface area contributed by atoms with Crippen molar-refractivity contribution < 1.29 is 13.2 Å². The highest BCUT2D eigenvalue weighted by atomic mass is 35.5. The van der Waals surface area contributed by atoms with Crippen molar-refractivity contribution in [2.75, 3.05) is 5.75 Å². The van der Waals surface area contributed by atoms with Crippen LogP contribution in [0.25, 0.3) is 0 Å². The number of nitrogens with two attached hydrogens (primary N) is 1. The van der Waals surface area contributed by atoms with Crippen molar-refractivity contribution in [3.63, 3.8) is 0 Å². The van der Waals surface area contributed by atoms with E-state index in [1.54, 1.807) is 0 Å². The van der Waals surface area contributed by atoms with Crippen molar-refractivity contribution in [3.8, 4) is 0 Å². The summed E-state index contributed by atoms with van der Waals surface area (Å²) in [4.78, 5) is 10.5. The van der Waals surface area contributed by atoms with E-state index in [2.05, 4.69) is 5.14 Å². The van der Waals surface area contributed by atoms with Crippen LogP contribution in [-0.2, 0) is 14.8 Å². The van der Waals surface area contributed by atoms with E-state index in [1.807, 2.05) is 0 Å². The van der Waals surface area contributed by atoms with E-state index >= 15 is 0 Å². The Morgan fingerprint density at radius 2 is 2.09 bits per heavy atom. The van der Waals surface area contributed by atoms with Gasteiger partial charge in [0.15, 0.2) is 0 Å². The number of carbonyl (C=O) groups excluding carboxylic acids is 1. The molecule has 0 fully saturated rings. The first-order valence-corrected chi connectivity index (χ1v) is 5.13. The first-order valence-electron chi connectivity index (χ1n) is 2.98. The van der Waals surface area contributed by atoms with Gasteiger partial charge in [0.05, 0.1) is 11.1 Å². The third-order valence-electron chi connectivity index (χ3n) is 1.10. The molecule has 6 heteroatoms. The van der Waals surface area contributed by atoms with Crippen molar-refractivity contribution in [1.82, 2.24) is 0 Å². The Bertz CT molecular complexity index is 236. The molecule has 0 aromatic heterocycles. The van der Waals surface area contributed by atoms with E-state index in [4.69, 9.17) is 11.6 Å². The van der Waals surface area contributed by atoms with E-state index in [1.165, 1.54) is 6.92 Å². The molecule has 0 rings (SSSR count). The maximum Gasteiger partial charge on any atom is 0.209 e. The fourth-order valence-electron chi connectivity index (χ4n) is 0.471. The summed E-state index contributed by atoms with van der Waals surface area (Å²) in [5.74, 6) is -0.490. The molecule has 1 unspecified atom stereocenters. The molecule has 2 N–H and O–H groups in total. The minimum Gasteiger partial charge on any atom is -0.298 e. The molecular weight excluding hydrogens is 190 g/mol. The predicted molar refractivity (Wildman–Crippen MR) is 42.9 cm³/mol. The number of sulfonamides is 1. The molecule has 0 aliphatic heterocycles. The highest BCUT2D eigenvalue weighted by Crippen LogP contribution is 2.03. The van der Waals surface area contributed by atoms with E-state index in [0.717, 1.165) is 0 Å². The van der Waals surface area contributed by atoms with Crippen LogP contribution in [-0.4, -0.2) is 25.3 Å². The summed E-state index contributed by atoms with van der Waals surface area (Å²) in [5.41, 5.74) is 0. The zero-order valence-corrected chi connectivity index (χ0v) is 7.65. The summed E-state index contributed by atoms with van der Waals surface area (Å²) in [6.07, 6.45) is 0.0791. The molecule has 0 aliphatic rings. The van der Waals surface area contributed by atoms with Crippen molar-refractivity contribution in [2.45, 2.75) is 18.7 Å². The van der Waals surface area contributed by atoms with Crippen LogP contribution < -0.4 is 5.14 Å². The monoisotopic (exact) mass is 199 g/mol. The summed E-state index contributed by atoms with van der Waals surface area (Å²) in [7, 11) is -3.49. The van der Waals surface area contributed by atoms with E-state index in [-0.39, 0.29) is 18.0 Å². The molecule has 0 bridgehead atoms. The lowest BCUT2D eigenvalue weighted by atomic mass is 10.2. The number of primary sulfonamides is 1. The molecule has 0 aliphatic carbocycles. The lowest BCUT2D eigenvalue weighted by Crippen LogP contribution is -2.21. The topological polar surface area (TPSA) is 77.2 Å². The molecule has 0 aromatic rings. The number of carbonyl (C=O) groups is 1. The first kappa shape index (κ1) is 10.9. The minimum absolute atomic E-state index is 0.0791. The molecule has 0 radical (unpaired) electrons. The zero-order chi connectivity index (χ0) is 9.07. The Morgan fingerprint density at radius 1 is 1.64 bits per heavy atom. The number of Topliss-reactive ketones (excluding diaryl/α,β-unsaturated/α-hetero) is 1. The molecule has 0 aromatic carbocycles. The van der Waals surface area contributed by atoms with Crippen LogP contribution in [0.5, 0.6) is 0 Å². The van der Waals surface area contributed by atoms with E-state index in [0.29, 0.717) is 0 Å². The lowest BCUT2D eigenvalue weighted by molar-refractivity contribution is -0.116. The summed E-state index contributed by atoms with van der Waals surface area (Å²) in [6.45, 7) is 1.31. The fourth-order valence-corrected chi connectivity index (χ4v) is 1.27. The second kappa shape index (κ2) is 4.04. The van der Waals surface area contributed by atoms with Gasteiger partial charge in [-0.3, -0.25) is 4.79 Å². The quantitative estimate of drug-likeness (QED) is 0.641. The van der Waals surface area contributed by atoms with Gasteiger partial charge in [-0.2, -0.15) is 0 Å². The van der Waals surface area contributed by atoms with Gasteiger partial charge in [0.1, 0.15) is 5.78 Å². The molecule has 1 atom stereocenters. The molecule has 11 heavy (non-hydrogen) atoms. The first-order chi connectivity index (χ1) is 4.83. The van der Waals surface area contributed by atoms with Gasteiger partial charge in [0, 0.05) is 0 Å². The second-order valence-electron chi connectivity index (χ2n) is 2.23. The summed E-state index contributed by atoms with van der Waals surface area (Å²) in [5, 5.41) is 3.94. The third-order valence-corrected chi connectivity index (χ3v) is 2.43. The second-order valence-corrected chi connectivity index (χ2v) is 4.49. The molecule has 4 nitrogen and oxygen atoms in total. The molecule has 0 heterocycles. The average molecular weight is 200 g/mol. The van der Waals surface area contributed by atoms with Gasteiger partial charge in [-0.05, 0) is 13.3 Å². The Hall–Kier alpha value is -0.130. The fraction of sp³-hybridized carbons (Fsp3) is 0.800. The maximum absolute atomic E-state index is 10.5. The number of alkyl halides is 1. The summed E-state index contributed by atoms with van der Waals surface area (Å²) >= 11 is 5.45. The number of rotatable bonds is 4. The van der Waals surface area contributed by atoms with Crippen LogP contribution in [0.15, 0.2) is 0 Å². The Labute approximate surface area is 70.8 Å². The smallest absolute Gasteiger partial charge is 0.209 e. The number of halogens is 1. The van der Waals surface area contributed by atoms with Gasteiger partial charge >= 0.3 is 0 Å². The van der Waals surface area contributed by atoms with E-state index < -0.39 is 15.4 Å². The summed E-state index contributed by atoms with van der Waals surface area (Å²) in [6, 6.07) is 0. The van der Waals surface area contributed by atoms with Crippen LogP contribution in [0.4, 0.5) is 0 Å².